The number of nitriles is 1. The summed E-state index contributed by atoms with van der Waals surface area (Å²) in [6.45, 7) is 7.86. The SMILES string of the molecule is CC.CC1(CC#N)CCN(Cc2ccc(-c3ccco3)cc2)CC1F. The predicted molar refractivity (Wildman–Crippen MR) is 98.6 cm³/mol. The molecule has 1 aromatic carbocycles. The molecule has 25 heavy (non-hydrogen) atoms. The quantitative estimate of drug-likeness (QED) is 0.743. The van der Waals surface area contributed by atoms with Gasteiger partial charge in [-0.2, -0.15) is 5.26 Å². The van der Waals surface area contributed by atoms with Gasteiger partial charge in [-0.3, -0.25) is 4.90 Å². The largest absolute Gasteiger partial charge is 0.464 e. The minimum Gasteiger partial charge on any atom is -0.464 e. The normalized spacial score (nSPS) is 23.4. The topological polar surface area (TPSA) is 40.2 Å². The van der Waals surface area contributed by atoms with Crippen molar-refractivity contribution >= 4 is 0 Å². The van der Waals surface area contributed by atoms with E-state index in [1.807, 2.05) is 45.0 Å². The number of furan rings is 1. The zero-order valence-corrected chi connectivity index (χ0v) is 15.3. The molecule has 4 heteroatoms. The van der Waals surface area contributed by atoms with E-state index in [0.29, 0.717) is 13.0 Å². The van der Waals surface area contributed by atoms with Crippen molar-refractivity contribution in [1.82, 2.24) is 4.90 Å². The first kappa shape index (κ1) is 19.2. The maximum atomic E-state index is 14.4. The molecule has 2 heterocycles. The van der Waals surface area contributed by atoms with Gasteiger partial charge in [0.2, 0.25) is 0 Å². The molecule has 0 spiro atoms. The number of alkyl halides is 1. The van der Waals surface area contributed by atoms with Crippen molar-refractivity contribution in [2.75, 3.05) is 13.1 Å². The van der Waals surface area contributed by atoms with Crippen molar-refractivity contribution in [2.24, 2.45) is 5.41 Å². The summed E-state index contributed by atoms with van der Waals surface area (Å²) in [5.41, 5.74) is 1.72. The Labute approximate surface area is 150 Å². The number of hydrogen-bond acceptors (Lipinski definition) is 3. The number of halogens is 1. The van der Waals surface area contributed by atoms with Crippen molar-refractivity contribution < 1.29 is 8.81 Å². The summed E-state index contributed by atoms with van der Waals surface area (Å²) < 4.78 is 19.8. The molecule has 1 aliphatic rings. The predicted octanol–water partition coefficient (Wildman–Crippen LogP) is 5.44. The zero-order chi connectivity index (χ0) is 18.3. The monoisotopic (exact) mass is 342 g/mol. The summed E-state index contributed by atoms with van der Waals surface area (Å²) >= 11 is 0. The fraction of sp³-hybridized carbons (Fsp3) is 0.476. The maximum absolute atomic E-state index is 14.4. The van der Waals surface area contributed by atoms with Crippen LogP contribution in [0.4, 0.5) is 4.39 Å². The molecule has 0 N–H and O–H groups in total. The third kappa shape index (κ3) is 4.70. The molecule has 0 radical (unpaired) electrons. The van der Waals surface area contributed by atoms with Crippen molar-refractivity contribution in [3.63, 3.8) is 0 Å². The lowest BCUT2D eigenvalue weighted by Crippen LogP contribution is -2.47. The van der Waals surface area contributed by atoms with Gasteiger partial charge in [0.1, 0.15) is 11.9 Å². The van der Waals surface area contributed by atoms with Crippen molar-refractivity contribution in [1.29, 1.82) is 5.26 Å². The van der Waals surface area contributed by atoms with Gasteiger partial charge >= 0.3 is 0 Å². The lowest BCUT2D eigenvalue weighted by Gasteiger charge is -2.41. The lowest BCUT2D eigenvalue weighted by molar-refractivity contribution is 0.0186. The van der Waals surface area contributed by atoms with Crippen LogP contribution < -0.4 is 0 Å². The van der Waals surface area contributed by atoms with E-state index in [4.69, 9.17) is 9.68 Å². The van der Waals surface area contributed by atoms with E-state index in [9.17, 15) is 4.39 Å². The minimum absolute atomic E-state index is 0.292. The highest BCUT2D eigenvalue weighted by Crippen LogP contribution is 2.36. The molecule has 2 unspecified atom stereocenters. The van der Waals surface area contributed by atoms with Gasteiger partial charge in [-0.25, -0.2) is 4.39 Å². The van der Waals surface area contributed by atoms with Crippen molar-refractivity contribution in [3.8, 4) is 17.4 Å². The van der Waals surface area contributed by atoms with E-state index in [1.165, 1.54) is 0 Å². The highest BCUT2D eigenvalue weighted by atomic mass is 19.1. The molecule has 0 amide bonds. The molecule has 2 atom stereocenters. The van der Waals surface area contributed by atoms with Gasteiger partial charge in [-0.05, 0) is 30.7 Å². The van der Waals surface area contributed by atoms with E-state index in [1.54, 1.807) is 6.26 Å². The summed E-state index contributed by atoms with van der Waals surface area (Å²) in [5, 5.41) is 8.87. The molecule has 1 saturated heterocycles. The van der Waals surface area contributed by atoms with Crippen LogP contribution in [0, 0.1) is 16.7 Å². The Hall–Kier alpha value is -2.12. The number of benzene rings is 1. The highest BCUT2D eigenvalue weighted by molar-refractivity contribution is 5.57. The molecule has 0 saturated carbocycles. The molecule has 0 bridgehead atoms. The fourth-order valence-electron chi connectivity index (χ4n) is 3.11. The number of piperidine rings is 1. The first-order valence-corrected chi connectivity index (χ1v) is 8.97. The van der Waals surface area contributed by atoms with Gasteiger partial charge in [0.25, 0.3) is 0 Å². The van der Waals surface area contributed by atoms with Crippen molar-refractivity contribution in [3.05, 3.63) is 48.2 Å². The van der Waals surface area contributed by atoms with Crippen LogP contribution in [-0.2, 0) is 6.54 Å². The van der Waals surface area contributed by atoms with Gasteiger partial charge < -0.3 is 4.42 Å². The molecule has 134 valence electrons. The van der Waals surface area contributed by atoms with Gasteiger partial charge in [0.15, 0.2) is 0 Å². The second-order valence-electron chi connectivity index (χ2n) is 6.62. The molecule has 3 rings (SSSR count). The number of likely N-dealkylation sites (tertiary alicyclic amines) is 1. The molecule has 1 aromatic heterocycles. The Kier molecular flexibility index (Phi) is 6.78. The molecule has 1 fully saturated rings. The molecule has 3 nitrogen and oxygen atoms in total. The second kappa shape index (κ2) is 8.82. The molecular formula is C21H27FN2O. The van der Waals surface area contributed by atoms with E-state index in [2.05, 4.69) is 23.1 Å². The standard InChI is InChI=1S/C19H21FN2O.C2H6/c1-19(8-10-21)9-11-22(14-18(19)20)13-15-4-6-16(7-5-15)17-3-2-12-23-17;1-2/h2-7,12,18H,8-9,11,13-14H2,1H3;1-2H3. The van der Waals surface area contributed by atoms with Gasteiger partial charge in [-0.15, -0.1) is 0 Å². The van der Waals surface area contributed by atoms with Crippen LogP contribution in [0.1, 0.15) is 39.2 Å². The molecule has 0 aliphatic carbocycles. The van der Waals surface area contributed by atoms with E-state index < -0.39 is 11.6 Å². The Morgan fingerprint density at radius 3 is 2.56 bits per heavy atom. The van der Waals surface area contributed by atoms with Crippen LogP contribution in [0.3, 0.4) is 0 Å². The van der Waals surface area contributed by atoms with Crippen LogP contribution in [0.5, 0.6) is 0 Å². The third-order valence-electron chi connectivity index (χ3n) is 4.82. The highest BCUT2D eigenvalue weighted by Gasteiger charge is 2.39. The number of nitrogens with zero attached hydrogens (tertiary/aromatic N) is 2. The van der Waals surface area contributed by atoms with E-state index in [0.717, 1.165) is 36.4 Å². The zero-order valence-electron chi connectivity index (χ0n) is 15.3. The van der Waals surface area contributed by atoms with E-state index in [-0.39, 0.29) is 0 Å². The Balaban J connectivity index is 0.00000109. The average Bonchev–Trinajstić information content (AvgIpc) is 3.16. The molecular weight excluding hydrogens is 315 g/mol. The van der Waals surface area contributed by atoms with Gasteiger partial charge in [0, 0.05) is 30.5 Å². The smallest absolute Gasteiger partial charge is 0.133 e. The fourth-order valence-corrected chi connectivity index (χ4v) is 3.11. The summed E-state index contributed by atoms with van der Waals surface area (Å²) in [6.07, 6.45) is 1.74. The van der Waals surface area contributed by atoms with Crippen LogP contribution >= 0.6 is 0 Å². The van der Waals surface area contributed by atoms with Crippen LogP contribution in [-0.4, -0.2) is 24.2 Å². The summed E-state index contributed by atoms with van der Waals surface area (Å²) in [7, 11) is 0. The van der Waals surface area contributed by atoms with Crippen LogP contribution in [0.15, 0.2) is 47.1 Å². The number of rotatable bonds is 4. The average molecular weight is 342 g/mol. The first-order chi connectivity index (χ1) is 12.1. The third-order valence-corrected chi connectivity index (χ3v) is 4.82. The van der Waals surface area contributed by atoms with Crippen molar-refractivity contribution in [2.45, 2.75) is 46.3 Å². The van der Waals surface area contributed by atoms with Crippen LogP contribution in [0.2, 0.25) is 0 Å². The van der Waals surface area contributed by atoms with E-state index >= 15 is 0 Å². The number of hydrogen-bond donors (Lipinski definition) is 0. The Morgan fingerprint density at radius 1 is 1.28 bits per heavy atom. The molecule has 2 aromatic rings. The Morgan fingerprint density at radius 2 is 2.00 bits per heavy atom. The maximum Gasteiger partial charge on any atom is 0.133 e. The summed E-state index contributed by atoms with van der Waals surface area (Å²) in [6, 6.07) is 14.1. The minimum atomic E-state index is -0.946. The lowest BCUT2D eigenvalue weighted by atomic mass is 9.76. The second-order valence-corrected chi connectivity index (χ2v) is 6.62. The molecule has 1 aliphatic heterocycles. The summed E-state index contributed by atoms with van der Waals surface area (Å²) in [5.74, 6) is 0.852. The first-order valence-electron chi connectivity index (χ1n) is 8.97. The summed E-state index contributed by atoms with van der Waals surface area (Å²) in [4.78, 5) is 2.13. The van der Waals surface area contributed by atoms with Gasteiger partial charge in [0.05, 0.1) is 12.3 Å². The van der Waals surface area contributed by atoms with Crippen LogP contribution in [0.25, 0.3) is 11.3 Å². The Bertz CT molecular complexity index is 675. The van der Waals surface area contributed by atoms with Gasteiger partial charge in [-0.1, -0.05) is 45.0 Å².